The summed E-state index contributed by atoms with van der Waals surface area (Å²) in [6, 6.07) is 1.09. The van der Waals surface area contributed by atoms with Crippen molar-refractivity contribution in [3.63, 3.8) is 0 Å². The fourth-order valence-electron chi connectivity index (χ4n) is 1.24. The van der Waals surface area contributed by atoms with Crippen molar-refractivity contribution in [1.29, 1.82) is 0 Å². The van der Waals surface area contributed by atoms with Crippen molar-refractivity contribution in [2.75, 3.05) is 6.54 Å². The van der Waals surface area contributed by atoms with E-state index < -0.39 is 5.82 Å². The SMILES string of the molecule is O=C(NCC1CC1)c1cc(F)cnc1Cl. The van der Waals surface area contributed by atoms with Crippen LogP contribution in [-0.2, 0) is 0 Å². The largest absolute Gasteiger partial charge is 0.352 e. The first-order chi connectivity index (χ1) is 7.16. The van der Waals surface area contributed by atoms with E-state index in [1.165, 1.54) is 0 Å². The van der Waals surface area contributed by atoms with Crippen molar-refractivity contribution in [1.82, 2.24) is 10.3 Å². The summed E-state index contributed by atoms with van der Waals surface area (Å²) < 4.78 is 12.8. The van der Waals surface area contributed by atoms with Crippen molar-refractivity contribution in [3.8, 4) is 0 Å². The highest BCUT2D eigenvalue weighted by molar-refractivity contribution is 6.32. The van der Waals surface area contributed by atoms with Gasteiger partial charge in [0.25, 0.3) is 5.91 Å². The van der Waals surface area contributed by atoms with Crippen molar-refractivity contribution >= 4 is 17.5 Å². The smallest absolute Gasteiger partial charge is 0.254 e. The fourth-order valence-corrected chi connectivity index (χ4v) is 1.43. The first-order valence-corrected chi connectivity index (χ1v) is 5.14. The van der Waals surface area contributed by atoms with Crippen molar-refractivity contribution in [2.24, 2.45) is 5.92 Å². The van der Waals surface area contributed by atoms with Gasteiger partial charge in [-0.3, -0.25) is 4.79 Å². The Morgan fingerprint density at radius 1 is 1.67 bits per heavy atom. The first-order valence-electron chi connectivity index (χ1n) is 4.76. The highest BCUT2D eigenvalue weighted by atomic mass is 35.5. The topological polar surface area (TPSA) is 42.0 Å². The van der Waals surface area contributed by atoms with Crippen LogP contribution in [-0.4, -0.2) is 17.4 Å². The van der Waals surface area contributed by atoms with Crippen LogP contribution in [0.4, 0.5) is 4.39 Å². The lowest BCUT2D eigenvalue weighted by molar-refractivity contribution is 0.0951. The van der Waals surface area contributed by atoms with E-state index in [2.05, 4.69) is 10.3 Å². The van der Waals surface area contributed by atoms with Crippen molar-refractivity contribution in [2.45, 2.75) is 12.8 Å². The minimum Gasteiger partial charge on any atom is -0.352 e. The molecular weight excluding hydrogens is 219 g/mol. The van der Waals surface area contributed by atoms with Crippen LogP contribution in [0.2, 0.25) is 5.15 Å². The number of rotatable bonds is 3. The Bertz CT molecular complexity index is 393. The molecule has 1 N–H and O–H groups in total. The lowest BCUT2D eigenvalue weighted by Crippen LogP contribution is -2.26. The number of aromatic nitrogens is 1. The molecule has 15 heavy (non-hydrogen) atoms. The van der Waals surface area contributed by atoms with Gasteiger partial charge in [-0.05, 0) is 24.8 Å². The Kier molecular flexibility index (Phi) is 2.86. The third-order valence-electron chi connectivity index (χ3n) is 2.30. The van der Waals surface area contributed by atoms with E-state index >= 15 is 0 Å². The summed E-state index contributed by atoms with van der Waals surface area (Å²) >= 11 is 5.68. The zero-order valence-corrected chi connectivity index (χ0v) is 8.72. The van der Waals surface area contributed by atoms with E-state index in [0.29, 0.717) is 12.5 Å². The van der Waals surface area contributed by atoms with Crippen LogP contribution in [0.25, 0.3) is 0 Å². The molecule has 0 radical (unpaired) electrons. The molecule has 1 aromatic heterocycles. The monoisotopic (exact) mass is 228 g/mol. The van der Waals surface area contributed by atoms with Gasteiger partial charge in [0.2, 0.25) is 0 Å². The highest BCUT2D eigenvalue weighted by Crippen LogP contribution is 2.27. The molecule has 0 saturated heterocycles. The summed E-state index contributed by atoms with van der Waals surface area (Å²) in [5.41, 5.74) is 0.0947. The zero-order valence-electron chi connectivity index (χ0n) is 7.96. The van der Waals surface area contributed by atoms with Gasteiger partial charge < -0.3 is 5.32 Å². The molecule has 2 rings (SSSR count). The molecule has 0 aromatic carbocycles. The normalized spacial score (nSPS) is 15.1. The molecule has 1 fully saturated rings. The van der Waals surface area contributed by atoms with Gasteiger partial charge in [0.1, 0.15) is 11.0 Å². The molecule has 1 saturated carbocycles. The van der Waals surface area contributed by atoms with E-state index in [9.17, 15) is 9.18 Å². The molecule has 0 unspecified atom stereocenters. The molecule has 1 amide bonds. The number of amides is 1. The molecular formula is C10H10ClFN2O. The maximum Gasteiger partial charge on any atom is 0.254 e. The molecule has 5 heteroatoms. The average molecular weight is 229 g/mol. The minimum absolute atomic E-state index is 0.0321. The molecule has 0 atom stereocenters. The number of carbonyl (C=O) groups excluding carboxylic acids is 1. The average Bonchev–Trinajstić information content (AvgIpc) is 3.02. The Hall–Kier alpha value is -1.16. The van der Waals surface area contributed by atoms with Crippen LogP contribution < -0.4 is 5.32 Å². The maximum absolute atomic E-state index is 12.8. The summed E-state index contributed by atoms with van der Waals surface area (Å²) in [6.07, 6.45) is 3.28. The van der Waals surface area contributed by atoms with E-state index in [1.807, 2.05) is 0 Å². The summed E-state index contributed by atoms with van der Waals surface area (Å²) in [7, 11) is 0. The number of pyridine rings is 1. The van der Waals surface area contributed by atoms with Gasteiger partial charge in [-0.1, -0.05) is 11.6 Å². The van der Waals surface area contributed by atoms with Crippen LogP contribution in [0.5, 0.6) is 0 Å². The zero-order chi connectivity index (χ0) is 10.8. The number of halogens is 2. The van der Waals surface area contributed by atoms with Gasteiger partial charge in [-0.15, -0.1) is 0 Å². The predicted molar refractivity (Wildman–Crippen MR) is 54.3 cm³/mol. The molecule has 1 heterocycles. The second-order valence-electron chi connectivity index (χ2n) is 3.65. The molecule has 0 aliphatic heterocycles. The third-order valence-corrected chi connectivity index (χ3v) is 2.60. The van der Waals surface area contributed by atoms with Gasteiger partial charge in [0, 0.05) is 6.54 Å². The second kappa shape index (κ2) is 4.14. The molecule has 80 valence electrons. The van der Waals surface area contributed by atoms with E-state index in [-0.39, 0.29) is 16.6 Å². The quantitative estimate of drug-likeness (QED) is 0.805. The number of hydrogen-bond acceptors (Lipinski definition) is 2. The Balaban J connectivity index is 2.05. The van der Waals surface area contributed by atoms with E-state index in [0.717, 1.165) is 25.1 Å². The van der Waals surface area contributed by atoms with Crippen molar-refractivity contribution < 1.29 is 9.18 Å². The lowest BCUT2D eigenvalue weighted by atomic mass is 10.2. The third kappa shape index (κ3) is 2.65. The van der Waals surface area contributed by atoms with Crippen LogP contribution in [0, 0.1) is 11.7 Å². The molecule has 1 aliphatic carbocycles. The van der Waals surface area contributed by atoms with Gasteiger partial charge in [-0.25, -0.2) is 9.37 Å². The summed E-state index contributed by atoms with van der Waals surface area (Å²) in [5, 5.41) is 2.73. The summed E-state index contributed by atoms with van der Waals surface area (Å²) in [5.74, 6) is -0.343. The summed E-state index contributed by atoms with van der Waals surface area (Å²) in [4.78, 5) is 15.1. The van der Waals surface area contributed by atoms with Gasteiger partial charge >= 0.3 is 0 Å². The van der Waals surface area contributed by atoms with Crippen LogP contribution in [0.15, 0.2) is 12.3 Å². The molecule has 1 aromatic rings. The minimum atomic E-state index is -0.559. The van der Waals surface area contributed by atoms with E-state index in [1.54, 1.807) is 0 Å². The number of nitrogens with one attached hydrogen (secondary N) is 1. The molecule has 0 spiro atoms. The van der Waals surface area contributed by atoms with Gasteiger partial charge in [0.15, 0.2) is 0 Å². The first kappa shape index (κ1) is 10.4. The molecule has 3 nitrogen and oxygen atoms in total. The van der Waals surface area contributed by atoms with E-state index in [4.69, 9.17) is 11.6 Å². The lowest BCUT2D eigenvalue weighted by Gasteiger charge is -2.04. The van der Waals surface area contributed by atoms with Gasteiger partial charge in [0.05, 0.1) is 11.8 Å². The number of hydrogen-bond donors (Lipinski definition) is 1. The molecule has 1 aliphatic rings. The van der Waals surface area contributed by atoms with Crippen LogP contribution in [0.3, 0.4) is 0 Å². The Morgan fingerprint density at radius 3 is 3.07 bits per heavy atom. The standard InChI is InChI=1S/C10H10ClFN2O/c11-9-8(3-7(12)5-13-9)10(15)14-4-6-1-2-6/h3,5-6H,1-2,4H2,(H,14,15). The fraction of sp³-hybridized carbons (Fsp3) is 0.400. The maximum atomic E-state index is 12.8. The Morgan fingerprint density at radius 2 is 2.40 bits per heavy atom. The Labute approximate surface area is 91.7 Å². The van der Waals surface area contributed by atoms with Crippen LogP contribution in [0.1, 0.15) is 23.2 Å². The number of nitrogens with zero attached hydrogens (tertiary/aromatic N) is 1. The van der Waals surface area contributed by atoms with Gasteiger partial charge in [-0.2, -0.15) is 0 Å². The molecule has 0 bridgehead atoms. The summed E-state index contributed by atoms with van der Waals surface area (Å²) in [6.45, 7) is 0.631. The van der Waals surface area contributed by atoms with Crippen molar-refractivity contribution in [3.05, 3.63) is 28.8 Å². The number of carbonyl (C=O) groups is 1. The van der Waals surface area contributed by atoms with Crippen LogP contribution >= 0.6 is 11.6 Å². The highest BCUT2D eigenvalue weighted by Gasteiger charge is 2.22. The second-order valence-corrected chi connectivity index (χ2v) is 4.00. The predicted octanol–water partition coefficient (Wildman–Crippen LogP) is 2.01.